The van der Waals surface area contributed by atoms with Crippen molar-refractivity contribution in [3.05, 3.63) is 47.5 Å². The van der Waals surface area contributed by atoms with Crippen LogP contribution in [0.15, 0.2) is 41.3 Å². The third kappa shape index (κ3) is 2.55. The van der Waals surface area contributed by atoms with Gasteiger partial charge in [-0.1, -0.05) is 24.3 Å². The van der Waals surface area contributed by atoms with Crippen LogP contribution in [0.4, 0.5) is 0 Å². The second kappa shape index (κ2) is 5.72. The molecule has 0 aliphatic carbocycles. The largest absolute Gasteiger partial charge is 0.352 e. The maximum atomic E-state index is 12.3. The molecule has 3 nitrogen and oxygen atoms in total. The summed E-state index contributed by atoms with van der Waals surface area (Å²) in [5.41, 5.74) is 2.00. The molecule has 4 heteroatoms. The molecule has 110 valence electrons. The minimum Gasteiger partial charge on any atom is -0.352 e. The van der Waals surface area contributed by atoms with E-state index in [4.69, 9.17) is 9.47 Å². The topological polar surface area (TPSA) is 35.5 Å². The highest BCUT2D eigenvalue weighted by Crippen LogP contribution is 2.31. The lowest BCUT2D eigenvalue weighted by molar-refractivity contribution is -0.105. The van der Waals surface area contributed by atoms with Gasteiger partial charge in [0.2, 0.25) is 0 Å². The van der Waals surface area contributed by atoms with Gasteiger partial charge in [0.25, 0.3) is 0 Å². The van der Waals surface area contributed by atoms with Gasteiger partial charge >= 0.3 is 0 Å². The van der Waals surface area contributed by atoms with E-state index in [0.29, 0.717) is 0 Å². The summed E-state index contributed by atoms with van der Waals surface area (Å²) < 4.78 is 22.9. The summed E-state index contributed by atoms with van der Waals surface area (Å²) in [7, 11) is 2.28. The Morgan fingerprint density at radius 1 is 1.10 bits per heavy atom. The fourth-order valence-corrected chi connectivity index (χ4v) is 3.87. The molecule has 1 heterocycles. The Morgan fingerprint density at radius 2 is 1.86 bits per heavy atom. The third-order valence-corrected chi connectivity index (χ3v) is 5.41. The second-order valence-electron chi connectivity index (χ2n) is 5.16. The minimum atomic E-state index is -0.969. The highest BCUT2D eigenvalue weighted by Gasteiger charge is 2.19. The molecule has 1 aliphatic heterocycles. The first kappa shape index (κ1) is 14.4. The van der Waals surface area contributed by atoms with E-state index in [1.165, 1.54) is 0 Å². The van der Waals surface area contributed by atoms with E-state index < -0.39 is 10.8 Å². The van der Waals surface area contributed by atoms with Crippen LogP contribution >= 0.6 is 0 Å². The fraction of sp³-hybridized carbons (Fsp3) is 0.294. The first-order valence-corrected chi connectivity index (χ1v) is 8.07. The van der Waals surface area contributed by atoms with Crippen molar-refractivity contribution >= 4 is 27.6 Å². The monoisotopic (exact) mass is 302 g/mol. The maximum absolute atomic E-state index is 12.3. The molecule has 0 fully saturated rings. The summed E-state index contributed by atoms with van der Waals surface area (Å²) >= 11 is 0. The molecule has 2 aromatic rings. The number of ether oxygens (including phenoxy) is 2. The summed E-state index contributed by atoms with van der Waals surface area (Å²) in [6.07, 6.45) is 3.69. The fourth-order valence-electron chi connectivity index (χ4n) is 2.64. The average molecular weight is 302 g/mol. The standard InChI is InChI=1S/C17H18O3S/c1-11-4-5-13-8-15-9-14(17(19-2)20-3)7-6-12(15)10-16(13)21(11)18/h4-11,17H,1-3H3. The van der Waals surface area contributed by atoms with Gasteiger partial charge in [0.05, 0.1) is 16.0 Å². The highest BCUT2D eigenvalue weighted by molar-refractivity contribution is 7.86. The molecule has 0 N–H and O–H groups in total. The van der Waals surface area contributed by atoms with Gasteiger partial charge in [-0.05, 0) is 41.5 Å². The second-order valence-corrected chi connectivity index (χ2v) is 6.94. The lowest BCUT2D eigenvalue weighted by atomic mass is 10.0. The Kier molecular flexibility index (Phi) is 3.93. The van der Waals surface area contributed by atoms with Gasteiger partial charge < -0.3 is 9.47 Å². The van der Waals surface area contributed by atoms with Crippen LogP contribution < -0.4 is 0 Å². The van der Waals surface area contributed by atoms with Gasteiger partial charge in [-0.25, -0.2) is 0 Å². The molecule has 3 rings (SSSR count). The minimum absolute atomic E-state index is 0.0700. The normalized spacial score (nSPS) is 21.0. The van der Waals surface area contributed by atoms with E-state index in [-0.39, 0.29) is 11.5 Å². The lowest BCUT2D eigenvalue weighted by Gasteiger charge is -2.18. The van der Waals surface area contributed by atoms with Crippen LogP contribution in [0.3, 0.4) is 0 Å². The van der Waals surface area contributed by atoms with Crippen molar-refractivity contribution in [3.8, 4) is 0 Å². The Labute approximate surface area is 127 Å². The zero-order chi connectivity index (χ0) is 15.0. The summed E-state index contributed by atoms with van der Waals surface area (Å²) in [6.45, 7) is 1.98. The zero-order valence-corrected chi connectivity index (χ0v) is 13.1. The van der Waals surface area contributed by atoms with Crippen molar-refractivity contribution in [3.63, 3.8) is 0 Å². The van der Waals surface area contributed by atoms with Crippen LogP contribution in [-0.4, -0.2) is 23.7 Å². The summed E-state index contributed by atoms with van der Waals surface area (Å²) in [5, 5.41) is 2.25. The number of fused-ring (bicyclic) bond motifs is 2. The number of hydrogen-bond donors (Lipinski definition) is 0. The number of hydrogen-bond acceptors (Lipinski definition) is 3. The molecule has 0 aromatic heterocycles. The van der Waals surface area contributed by atoms with Crippen LogP contribution in [0.2, 0.25) is 0 Å². The molecule has 0 saturated carbocycles. The van der Waals surface area contributed by atoms with Crippen LogP contribution in [0, 0.1) is 0 Å². The summed E-state index contributed by atoms with van der Waals surface area (Å²) in [5.74, 6) is 0. The average Bonchev–Trinajstić information content (AvgIpc) is 2.51. The number of benzene rings is 2. The Hall–Kier alpha value is -1.49. The van der Waals surface area contributed by atoms with Crippen LogP contribution in [-0.2, 0) is 20.3 Å². The van der Waals surface area contributed by atoms with E-state index in [1.54, 1.807) is 14.2 Å². The predicted octanol–water partition coefficient (Wildman–Crippen LogP) is 3.65. The van der Waals surface area contributed by atoms with E-state index in [1.807, 2.05) is 31.2 Å². The first-order chi connectivity index (χ1) is 10.1. The Morgan fingerprint density at radius 3 is 2.57 bits per heavy atom. The number of methoxy groups -OCH3 is 2. The molecule has 2 atom stereocenters. The van der Waals surface area contributed by atoms with Gasteiger partial charge in [-0.15, -0.1) is 0 Å². The summed E-state index contributed by atoms with van der Waals surface area (Å²) in [6, 6.07) is 10.2. The molecule has 21 heavy (non-hydrogen) atoms. The zero-order valence-electron chi connectivity index (χ0n) is 12.3. The summed E-state index contributed by atoms with van der Waals surface area (Å²) in [4.78, 5) is 0.917. The van der Waals surface area contributed by atoms with Crippen LogP contribution in [0.5, 0.6) is 0 Å². The van der Waals surface area contributed by atoms with Crippen molar-refractivity contribution in [2.24, 2.45) is 0 Å². The first-order valence-electron chi connectivity index (χ1n) is 6.86. The molecule has 1 aliphatic rings. The van der Waals surface area contributed by atoms with Crippen molar-refractivity contribution in [1.82, 2.24) is 0 Å². The van der Waals surface area contributed by atoms with Crippen LogP contribution in [0.1, 0.15) is 24.3 Å². The van der Waals surface area contributed by atoms with Gasteiger partial charge in [-0.3, -0.25) is 4.21 Å². The molecule has 0 amide bonds. The highest BCUT2D eigenvalue weighted by atomic mass is 32.2. The predicted molar refractivity (Wildman–Crippen MR) is 85.6 cm³/mol. The van der Waals surface area contributed by atoms with Crippen molar-refractivity contribution in [2.75, 3.05) is 14.2 Å². The lowest BCUT2D eigenvalue weighted by Crippen LogP contribution is -2.12. The third-order valence-electron chi connectivity index (χ3n) is 3.79. The van der Waals surface area contributed by atoms with Crippen molar-refractivity contribution < 1.29 is 13.7 Å². The quantitative estimate of drug-likeness (QED) is 0.812. The molecular weight excluding hydrogens is 284 g/mol. The van der Waals surface area contributed by atoms with Gasteiger partial charge in [0.15, 0.2) is 6.29 Å². The van der Waals surface area contributed by atoms with Gasteiger partial charge in [0.1, 0.15) is 0 Å². The molecule has 0 spiro atoms. The number of rotatable bonds is 3. The molecule has 2 unspecified atom stereocenters. The molecule has 2 aromatic carbocycles. The van der Waals surface area contributed by atoms with Gasteiger partial charge in [0, 0.05) is 24.7 Å². The van der Waals surface area contributed by atoms with E-state index in [9.17, 15) is 4.21 Å². The molecule has 0 bridgehead atoms. The van der Waals surface area contributed by atoms with Crippen molar-refractivity contribution in [1.29, 1.82) is 0 Å². The molecule has 0 saturated heterocycles. The van der Waals surface area contributed by atoms with Crippen molar-refractivity contribution in [2.45, 2.75) is 23.4 Å². The van der Waals surface area contributed by atoms with E-state index in [0.717, 1.165) is 26.8 Å². The SMILES string of the molecule is COC(OC)c1ccc2cc3c(cc2c1)C=CC(C)S3=O. The van der Waals surface area contributed by atoms with Crippen LogP contribution in [0.25, 0.3) is 16.8 Å². The maximum Gasteiger partial charge on any atom is 0.183 e. The molecular formula is C17H18O3S. The van der Waals surface area contributed by atoms with E-state index >= 15 is 0 Å². The molecule has 0 radical (unpaired) electrons. The van der Waals surface area contributed by atoms with E-state index in [2.05, 4.69) is 18.2 Å². The smallest absolute Gasteiger partial charge is 0.183 e. The Bertz CT molecular complexity index is 732. The van der Waals surface area contributed by atoms with Gasteiger partial charge in [-0.2, -0.15) is 0 Å². The Balaban J connectivity index is 2.13.